The molecule has 3 aromatic rings. The molecule has 0 saturated heterocycles. The molecule has 0 aliphatic carbocycles. The molecule has 0 N–H and O–H groups in total. The Morgan fingerprint density at radius 1 is 1.07 bits per heavy atom. The Hall–Kier alpha value is -2.46. The third-order valence-corrected chi connectivity index (χ3v) is 5.71. The fourth-order valence-corrected chi connectivity index (χ4v) is 3.79. The second-order valence-corrected chi connectivity index (χ2v) is 7.94. The highest BCUT2D eigenvalue weighted by Gasteiger charge is 2.10. The molecule has 0 aliphatic rings. The van der Waals surface area contributed by atoms with Crippen LogP contribution in [0.1, 0.15) is 34.2 Å². The summed E-state index contributed by atoms with van der Waals surface area (Å²) in [6.45, 7) is 9.49. The molecular formula is C23H27N3S. The van der Waals surface area contributed by atoms with Crippen molar-refractivity contribution >= 4 is 23.4 Å². The van der Waals surface area contributed by atoms with E-state index >= 15 is 0 Å². The van der Waals surface area contributed by atoms with Crippen LogP contribution in [0.25, 0.3) is 11.3 Å². The molecular weight excluding hydrogens is 350 g/mol. The zero-order valence-corrected chi connectivity index (χ0v) is 17.6. The molecule has 1 heterocycles. The normalized spacial score (nSPS) is 11.3. The maximum absolute atomic E-state index is 4.88. The summed E-state index contributed by atoms with van der Waals surface area (Å²) >= 11 is 1.74. The third kappa shape index (κ3) is 4.64. The van der Waals surface area contributed by atoms with Crippen molar-refractivity contribution < 1.29 is 0 Å². The van der Waals surface area contributed by atoms with Gasteiger partial charge in [-0.1, -0.05) is 30.3 Å². The van der Waals surface area contributed by atoms with Gasteiger partial charge in [0.1, 0.15) is 0 Å². The first-order valence-corrected chi connectivity index (χ1v) is 10.2. The van der Waals surface area contributed by atoms with Crippen LogP contribution in [0.3, 0.4) is 0 Å². The highest BCUT2D eigenvalue weighted by molar-refractivity contribution is 7.10. The Kier molecular flexibility index (Phi) is 6.07. The first kappa shape index (κ1) is 19.3. The molecule has 1 aromatic heterocycles. The topological polar surface area (TPSA) is 28.5 Å². The quantitative estimate of drug-likeness (QED) is 0.393. The molecule has 0 aliphatic heterocycles. The van der Waals surface area contributed by atoms with Gasteiger partial charge in [0.25, 0.3) is 0 Å². The Balaban J connectivity index is 1.81. The van der Waals surface area contributed by atoms with Gasteiger partial charge in [0.2, 0.25) is 0 Å². The highest BCUT2D eigenvalue weighted by atomic mass is 32.1. The Morgan fingerprint density at radius 2 is 1.85 bits per heavy atom. The molecule has 27 heavy (non-hydrogen) atoms. The fourth-order valence-electron chi connectivity index (χ4n) is 2.97. The van der Waals surface area contributed by atoms with Crippen molar-refractivity contribution in [3.63, 3.8) is 0 Å². The summed E-state index contributed by atoms with van der Waals surface area (Å²) in [5, 5.41) is 3.32. The summed E-state index contributed by atoms with van der Waals surface area (Å²) < 4.78 is 0. The molecule has 0 atom stereocenters. The number of hydrogen-bond acceptors (Lipinski definition) is 3. The molecule has 3 nitrogen and oxygen atoms in total. The summed E-state index contributed by atoms with van der Waals surface area (Å²) in [7, 11) is 2.04. The number of aliphatic imine (C=N–C) groups is 1. The smallest absolute Gasteiger partial charge is 0.0976 e. The van der Waals surface area contributed by atoms with E-state index in [1.807, 2.05) is 13.4 Å². The van der Waals surface area contributed by atoms with Crippen LogP contribution in [0.5, 0.6) is 0 Å². The lowest BCUT2D eigenvalue weighted by molar-refractivity contribution is 0.552. The summed E-state index contributed by atoms with van der Waals surface area (Å²) in [4.78, 5) is 11.6. The molecule has 2 aromatic carbocycles. The van der Waals surface area contributed by atoms with Gasteiger partial charge in [0.15, 0.2) is 0 Å². The van der Waals surface area contributed by atoms with Crippen LogP contribution in [0, 0.1) is 20.8 Å². The number of aromatic nitrogens is 1. The summed E-state index contributed by atoms with van der Waals surface area (Å²) in [5.41, 5.74) is 8.38. The van der Waals surface area contributed by atoms with Gasteiger partial charge in [-0.25, -0.2) is 9.98 Å². The van der Waals surface area contributed by atoms with E-state index in [2.05, 4.69) is 79.4 Å². The van der Waals surface area contributed by atoms with Crippen molar-refractivity contribution in [3.05, 3.63) is 69.0 Å². The molecule has 0 fully saturated rings. The van der Waals surface area contributed by atoms with E-state index in [1.165, 1.54) is 27.8 Å². The predicted molar refractivity (Wildman–Crippen MR) is 117 cm³/mol. The van der Waals surface area contributed by atoms with Gasteiger partial charge >= 0.3 is 0 Å². The average Bonchev–Trinajstić information content (AvgIpc) is 3.11. The second kappa shape index (κ2) is 8.49. The standard InChI is InChI=1S/C23H27N3S/c1-6-26(5)15-24-21-12-17(3)19(11-18(21)4)13-23-25-22(14-27-23)20-10-8-7-9-16(20)2/h7-12,14-15H,6,13H2,1-5H3. The Morgan fingerprint density at radius 3 is 2.59 bits per heavy atom. The number of aryl methyl sites for hydroxylation is 3. The van der Waals surface area contributed by atoms with Gasteiger partial charge in [-0.15, -0.1) is 11.3 Å². The van der Waals surface area contributed by atoms with Crippen LogP contribution in [0.15, 0.2) is 46.8 Å². The zero-order valence-electron chi connectivity index (χ0n) is 16.8. The highest BCUT2D eigenvalue weighted by Crippen LogP contribution is 2.28. The first-order chi connectivity index (χ1) is 13.0. The largest absolute Gasteiger partial charge is 0.366 e. The monoisotopic (exact) mass is 377 g/mol. The van der Waals surface area contributed by atoms with Crippen molar-refractivity contribution in [1.82, 2.24) is 9.88 Å². The molecule has 0 bridgehead atoms. The van der Waals surface area contributed by atoms with E-state index in [0.29, 0.717) is 0 Å². The SMILES string of the molecule is CCN(C)C=Nc1cc(C)c(Cc2nc(-c3ccccc3C)cs2)cc1C. The van der Waals surface area contributed by atoms with Gasteiger partial charge in [-0.3, -0.25) is 0 Å². The van der Waals surface area contributed by atoms with Gasteiger partial charge in [-0.2, -0.15) is 0 Å². The zero-order chi connectivity index (χ0) is 19.4. The van der Waals surface area contributed by atoms with E-state index < -0.39 is 0 Å². The van der Waals surface area contributed by atoms with Crippen molar-refractivity contribution in [1.29, 1.82) is 0 Å². The third-order valence-electron chi connectivity index (χ3n) is 4.86. The fraction of sp³-hybridized carbons (Fsp3) is 0.304. The van der Waals surface area contributed by atoms with Gasteiger partial charge < -0.3 is 4.90 Å². The minimum Gasteiger partial charge on any atom is -0.366 e. The number of benzene rings is 2. The first-order valence-electron chi connectivity index (χ1n) is 9.33. The van der Waals surface area contributed by atoms with E-state index in [1.54, 1.807) is 11.3 Å². The second-order valence-electron chi connectivity index (χ2n) is 7.00. The van der Waals surface area contributed by atoms with Gasteiger partial charge in [0, 0.05) is 31.0 Å². The van der Waals surface area contributed by atoms with Crippen LogP contribution in [0.4, 0.5) is 5.69 Å². The lowest BCUT2D eigenvalue weighted by Crippen LogP contribution is -2.14. The van der Waals surface area contributed by atoms with Crippen LogP contribution in [-0.4, -0.2) is 29.8 Å². The Labute approximate surface area is 166 Å². The minimum atomic E-state index is 0.863. The van der Waals surface area contributed by atoms with Crippen LogP contribution < -0.4 is 0 Å². The van der Waals surface area contributed by atoms with Crippen molar-refractivity contribution in [2.45, 2.75) is 34.1 Å². The number of rotatable bonds is 6. The summed E-state index contributed by atoms with van der Waals surface area (Å²) in [6.07, 6.45) is 2.76. The number of nitrogens with zero attached hydrogens (tertiary/aromatic N) is 3. The van der Waals surface area contributed by atoms with E-state index in [-0.39, 0.29) is 0 Å². The maximum atomic E-state index is 4.88. The van der Waals surface area contributed by atoms with E-state index in [0.717, 1.165) is 29.4 Å². The molecule has 0 spiro atoms. The lowest BCUT2D eigenvalue weighted by atomic mass is 10.0. The molecule has 140 valence electrons. The van der Waals surface area contributed by atoms with Gasteiger partial charge in [0.05, 0.1) is 22.7 Å². The average molecular weight is 378 g/mol. The number of thiazole rings is 1. The van der Waals surface area contributed by atoms with Crippen LogP contribution in [0.2, 0.25) is 0 Å². The minimum absolute atomic E-state index is 0.863. The lowest BCUT2D eigenvalue weighted by Gasteiger charge is -2.11. The molecule has 3 rings (SSSR count). The molecule has 0 radical (unpaired) electrons. The molecule has 0 unspecified atom stereocenters. The molecule has 0 amide bonds. The Bertz CT molecular complexity index is 956. The van der Waals surface area contributed by atoms with Crippen molar-refractivity contribution in [2.75, 3.05) is 13.6 Å². The van der Waals surface area contributed by atoms with E-state index in [9.17, 15) is 0 Å². The van der Waals surface area contributed by atoms with Crippen molar-refractivity contribution in [2.24, 2.45) is 4.99 Å². The maximum Gasteiger partial charge on any atom is 0.0976 e. The summed E-state index contributed by atoms with van der Waals surface area (Å²) in [6, 6.07) is 12.9. The van der Waals surface area contributed by atoms with Crippen molar-refractivity contribution in [3.8, 4) is 11.3 Å². The van der Waals surface area contributed by atoms with Crippen LogP contribution in [-0.2, 0) is 6.42 Å². The van der Waals surface area contributed by atoms with Crippen LogP contribution >= 0.6 is 11.3 Å². The molecule has 0 saturated carbocycles. The summed E-state index contributed by atoms with van der Waals surface area (Å²) in [5.74, 6) is 0. The molecule has 4 heteroatoms. The van der Waals surface area contributed by atoms with Gasteiger partial charge in [-0.05, 0) is 56.0 Å². The van der Waals surface area contributed by atoms with E-state index in [4.69, 9.17) is 4.98 Å². The predicted octanol–water partition coefficient (Wildman–Crippen LogP) is 5.94. The number of hydrogen-bond donors (Lipinski definition) is 0.